The van der Waals surface area contributed by atoms with Gasteiger partial charge in [0.2, 0.25) is 0 Å². The Bertz CT molecular complexity index is 224. The quantitative estimate of drug-likeness (QED) is 0.810. The van der Waals surface area contributed by atoms with Crippen LogP contribution in [0.2, 0.25) is 0 Å². The van der Waals surface area contributed by atoms with E-state index in [9.17, 15) is 0 Å². The lowest BCUT2D eigenvalue weighted by molar-refractivity contribution is 0.0573. The number of hydrogen-bond donors (Lipinski definition) is 1. The predicted octanol–water partition coefficient (Wildman–Crippen LogP) is 1.73. The Morgan fingerprint density at radius 2 is 2.12 bits per heavy atom. The molecule has 2 aliphatic heterocycles. The van der Waals surface area contributed by atoms with Gasteiger partial charge in [0.05, 0.1) is 6.61 Å². The molecule has 2 heterocycles. The van der Waals surface area contributed by atoms with E-state index in [0.29, 0.717) is 5.41 Å². The lowest BCUT2D eigenvalue weighted by Crippen LogP contribution is -2.46. The highest BCUT2D eigenvalue weighted by Crippen LogP contribution is 2.30. The maximum absolute atomic E-state index is 5.31. The average Bonchev–Trinajstić information content (AvgIpc) is 2.30. The number of piperidine rings is 2. The molecule has 17 heavy (non-hydrogen) atoms. The van der Waals surface area contributed by atoms with Gasteiger partial charge < -0.3 is 15.0 Å². The fourth-order valence-electron chi connectivity index (χ4n) is 3.39. The molecule has 0 radical (unpaired) electrons. The maximum Gasteiger partial charge on any atom is 0.0502 e. The van der Waals surface area contributed by atoms with Crippen molar-refractivity contribution >= 4 is 0 Å². The molecule has 1 atom stereocenters. The molecule has 0 amide bonds. The van der Waals surface area contributed by atoms with Crippen LogP contribution in [0.3, 0.4) is 0 Å². The Morgan fingerprint density at radius 1 is 1.35 bits per heavy atom. The van der Waals surface area contributed by atoms with Crippen molar-refractivity contribution in [3.05, 3.63) is 0 Å². The van der Waals surface area contributed by atoms with Crippen LogP contribution in [-0.4, -0.2) is 51.3 Å². The van der Waals surface area contributed by atoms with E-state index in [2.05, 4.69) is 17.1 Å². The molecule has 0 aromatic heterocycles. The Morgan fingerprint density at radius 3 is 2.82 bits per heavy atom. The third-order valence-electron chi connectivity index (χ3n) is 4.42. The number of likely N-dealkylation sites (tertiary alicyclic amines) is 1. The summed E-state index contributed by atoms with van der Waals surface area (Å²) in [6, 6.07) is 0. The van der Waals surface area contributed by atoms with Gasteiger partial charge in [0.15, 0.2) is 0 Å². The van der Waals surface area contributed by atoms with Crippen molar-refractivity contribution in [2.24, 2.45) is 11.3 Å². The van der Waals surface area contributed by atoms with Gasteiger partial charge in [-0.25, -0.2) is 0 Å². The minimum absolute atomic E-state index is 0.542. The van der Waals surface area contributed by atoms with Gasteiger partial charge in [-0.2, -0.15) is 0 Å². The number of rotatable bonds is 4. The van der Waals surface area contributed by atoms with Crippen molar-refractivity contribution in [1.82, 2.24) is 10.2 Å². The largest absolute Gasteiger partial charge is 0.384 e. The van der Waals surface area contributed by atoms with Crippen LogP contribution in [0.5, 0.6) is 0 Å². The maximum atomic E-state index is 5.31. The molecule has 3 heteroatoms. The molecule has 2 aliphatic rings. The number of hydrogen-bond acceptors (Lipinski definition) is 3. The van der Waals surface area contributed by atoms with Crippen LogP contribution in [0.1, 0.15) is 32.6 Å². The summed E-state index contributed by atoms with van der Waals surface area (Å²) in [5.41, 5.74) is 0.542. The zero-order valence-electron chi connectivity index (χ0n) is 11.5. The Hall–Kier alpha value is -0.120. The Labute approximate surface area is 106 Å². The van der Waals surface area contributed by atoms with Crippen molar-refractivity contribution in [3.63, 3.8) is 0 Å². The third-order valence-corrected chi connectivity index (χ3v) is 4.42. The van der Waals surface area contributed by atoms with Crippen molar-refractivity contribution in [3.8, 4) is 0 Å². The predicted molar refractivity (Wildman–Crippen MR) is 71.3 cm³/mol. The Kier molecular flexibility index (Phi) is 4.83. The summed E-state index contributed by atoms with van der Waals surface area (Å²) in [4.78, 5) is 2.68. The second-order valence-electron chi connectivity index (χ2n) is 6.26. The molecule has 2 rings (SSSR count). The summed E-state index contributed by atoms with van der Waals surface area (Å²) in [6.45, 7) is 9.63. The molecular weight excluding hydrogens is 212 g/mol. The number of methoxy groups -OCH3 is 1. The van der Waals surface area contributed by atoms with Gasteiger partial charge in [-0.05, 0) is 56.7 Å². The summed E-state index contributed by atoms with van der Waals surface area (Å²) >= 11 is 0. The fourth-order valence-corrected chi connectivity index (χ4v) is 3.39. The number of ether oxygens (including phenoxy) is 1. The molecule has 0 bridgehead atoms. The van der Waals surface area contributed by atoms with Gasteiger partial charge in [-0.3, -0.25) is 0 Å². The second kappa shape index (κ2) is 6.17. The molecule has 1 unspecified atom stereocenters. The van der Waals surface area contributed by atoms with Crippen LogP contribution < -0.4 is 5.32 Å². The minimum Gasteiger partial charge on any atom is -0.384 e. The lowest BCUT2D eigenvalue weighted by atomic mass is 9.80. The van der Waals surface area contributed by atoms with Gasteiger partial charge in [-0.1, -0.05) is 6.92 Å². The first-order valence-electron chi connectivity index (χ1n) is 7.14. The second-order valence-corrected chi connectivity index (χ2v) is 6.26. The van der Waals surface area contributed by atoms with Gasteiger partial charge >= 0.3 is 0 Å². The molecule has 2 saturated heterocycles. The van der Waals surface area contributed by atoms with Crippen LogP contribution in [0.4, 0.5) is 0 Å². The molecular formula is C14H28N2O. The Balaban J connectivity index is 1.81. The van der Waals surface area contributed by atoms with Crippen LogP contribution in [0.15, 0.2) is 0 Å². The summed E-state index contributed by atoms with van der Waals surface area (Å²) in [7, 11) is 1.83. The van der Waals surface area contributed by atoms with E-state index in [1.165, 1.54) is 58.4 Å². The molecule has 0 aromatic rings. The zero-order chi connectivity index (χ0) is 12.1. The van der Waals surface area contributed by atoms with Crippen molar-refractivity contribution in [2.75, 3.05) is 46.4 Å². The average molecular weight is 240 g/mol. The molecule has 0 saturated carbocycles. The SMILES string of the molecule is COCC1CCCN(CC2(C)CCNCC2)C1. The molecule has 0 aromatic carbocycles. The smallest absolute Gasteiger partial charge is 0.0502 e. The van der Waals surface area contributed by atoms with E-state index >= 15 is 0 Å². The third kappa shape index (κ3) is 3.94. The van der Waals surface area contributed by atoms with E-state index in [4.69, 9.17) is 4.74 Å². The molecule has 1 N–H and O–H groups in total. The highest BCUT2D eigenvalue weighted by atomic mass is 16.5. The van der Waals surface area contributed by atoms with Crippen LogP contribution in [0.25, 0.3) is 0 Å². The van der Waals surface area contributed by atoms with Gasteiger partial charge in [0.25, 0.3) is 0 Å². The van der Waals surface area contributed by atoms with Gasteiger partial charge in [0.1, 0.15) is 0 Å². The highest BCUT2D eigenvalue weighted by molar-refractivity contribution is 4.85. The lowest BCUT2D eigenvalue weighted by Gasteiger charge is -2.41. The zero-order valence-corrected chi connectivity index (χ0v) is 11.5. The van der Waals surface area contributed by atoms with Crippen molar-refractivity contribution in [2.45, 2.75) is 32.6 Å². The highest BCUT2D eigenvalue weighted by Gasteiger charge is 2.30. The van der Waals surface area contributed by atoms with Crippen molar-refractivity contribution < 1.29 is 4.74 Å². The summed E-state index contributed by atoms with van der Waals surface area (Å²) in [5.74, 6) is 0.763. The standard InChI is InChI=1S/C14H28N2O/c1-14(5-7-15-8-6-14)12-16-9-3-4-13(10-16)11-17-2/h13,15H,3-12H2,1-2H3. The normalized spacial score (nSPS) is 30.4. The topological polar surface area (TPSA) is 24.5 Å². The summed E-state index contributed by atoms with van der Waals surface area (Å²) in [6.07, 6.45) is 5.36. The van der Waals surface area contributed by atoms with Crippen molar-refractivity contribution in [1.29, 1.82) is 0 Å². The van der Waals surface area contributed by atoms with E-state index in [1.54, 1.807) is 0 Å². The van der Waals surface area contributed by atoms with E-state index in [1.807, 2.05) is 7.11 Å². The molecule has 3 nitrogen and oxygen atoms in total. The van der Waals surface area contributed by atoms with Crippen LogP contribution in [0, 0.1) is 11.3 Å². The first-order valence-corrected chi connectivity index (χ1v) is 7.14. The minimum atomic E-state index is 0.542. The van der Waals surface area contributed by atoms with Crippen LogP contribution >= 0.6 is 0 Å². The number of nitrogens with zero attached hydrogens (tertiary/aromatic N) is 1. The molecule has 0 spiro atoms. The van der Waals surface area contributed by atoms with Gasteiger partial charge in [-0.15, -0.1) is 0 Å². The fraction of sp³-hybridized carbons (Fsp3) is 1.00. The number of nitrogens with one attached hydrogen (secondary N) is 1. The van der Waals surface area contributed by atoms with Crippen LogP contribution in [-0.2, 0) is 4.74 Å². The summed E-state index contributed by atoms with van der Waals surface area (Å²) < 4.78 is 5.31. The molecule has 100 valence electrons. The van der Waals surface area contributed by atoms with Gasteiger partial charge in [0, 0.05) is 20.2 Å². The molecule has 2 fully saturated rings. The molecule has 0 aliphatic carbocycles. The first-order chi connectivity index (χ1) is 8.22. The first kappa shape index (κ1) is 13.3. The van der Waals surface area contributed by atoms with E-state index in [0.717, 1.165) is 12.5 Å². The monoisotopic (exact) mass is 240 g/mol. The van der Waals surface area contributed by atoms with E-state index < -0.39 is 0 Å². The van der Waals surface area contributed by atoms with E-state index in [-0.39, 0.29) is 0 Å². The summed E-state index contributed by atoms with van der Waals surface area (Å²) in [5, 5.41) is 3.47.